The first-order valence-corrected chi connectivity index (χ1v) is 5.81. The van der Waals surface area contributed by atoms with Crippen LogP contribution in [0.2, 0.25) is 5.02 Å². The molecule has 3 rings (SSSR count). The molecular weight excluding hydrogens is 232 g/mol. The Bertz CT molecular complexity index is 686. The van der Waals surface area contributed by atoms with Crippen LogP contribution in [0, 0.1) is 6.92 Å². The minimum Gasteiger partial charge on any atom is -0.305 e. The van der Waals surface area contributed by atoms with Gasteiger partial charge in [0.05, 0.1) is 10.7 Å². The molecule has 0 aliphatic carbocycles. The fraction of sp³-hybridized carbons (Fsp3) is 0.0714. The van der Waals surface area contributed by atoms with E-state index in [4.69, 9.17) is 11.6 Å². The quantitative estimate of drug-likeness (QED) is 0.631. The van der Waals surface area contributed by atoms with E-state index in [1.54, 1.807) is 0 Å². The van der Waals surface area contributed by atoms with Gasteiger partial charge in [0.2, 0.25) is 0 Å². The summed E-state index contributed by atoms with van der Waals surface area (Å²) < 4.78 is 1.94. The van der Waals surface area contributed by atoms with Gasteiger partial charge in [-0.1, -0.05) is 35.4 Å². The Morgan fingerprint density at radius 2 is 2.00 bits per heavy atom. The van der Waals surface area contributed by atoms with Crippen molar-refractivity contribution in [2.75, 3.05) is 0 Å². The molecule has 3 aromatic rings. The van der Waals surface area contributed by atoms with Gasteiger partial charge in [-0.05, 0) is 25.1 Å². The maximum atomic E-state index is 5.95. The van der Waals surface area contributed by atoms with Gasteiger partial charge >= 0.3 is 0 Å². The number of aryl methyl sites for hydroxylation is 1. The van der Waals surface area contributed by atoms with Gasteiger partial charge in [0.25, 0.3) is 0 Å². The minimum absolute atomic E-state index is 0.714. The van der Waals surface area contributed by atoms with E-state index in [2.05, 4.69) is 30.1 Å². The molecule has 1 aromatic carbocycles. The minimum atomic E-state index is 0.714. The third-order valence-electron chi connectivity index (χ3n) is 2.73. The Labute approximate surface area is 104 Å². The average molecular weight is 243 g/mol. The Morgan fingerprint density at radius 3 is 2.82 bits per heavy atom. The lowest BCUT2D eigenvalue weighted by molar-refractivity contribution is 1.19. The molecule has 0 aliphatic heterocycles. The fourth-order valence-electron chi connectivity index (χ4n) is 1.91. The summed E-state index contributed by atoms with van der Waals surface area (Å²) in [5.41, 5.74) is 4.24. The lowest BCUT2D eigenvalue weighted by Crippen LogP contribution is -1.79. The van der Waals surface area contributed by atoms with E-state index < -0.39 is 0 Å². The SMILES string of the molecule is Cc1cccc(-c2cn3cc(Cl)ccc3n2)c1. The van der Waals surface area contributed by atoms with Crippen LogP contribution in [0.1, 0.15) is 5.56 Å². The lowest BCUT2D eigenvalue weighted by Gasteiger charge is -1.96. The van der Waals surface area contributed by atoms with E-state index in [0.717, 1.165) is 16.9 Å². The van der Waals surface area contributed by atoms with E-state index >= 15 is 0 Å². The van der Waals surface area contributed by atoms with Crippen LogP contribution in [-0.2, 0) is 0 Å². The number of aromatic nitrogens is 2. The molecule has 3 heteroatoms. The highest BCUT2D eigenvalue weighted by atomic mass is 35.5. The first-order valence-electron chi connectivity index (χ1n) is 5.44. The molecule has 0 fully saturated rings. The third-order valence-corrected chi connectivity index (χ3v) is 2.95. The predicted molar refractivity (Wildman–Crippen MR) is 70.4 cm³/mol. The molecule has 0 saturated heterocycles. The molecular formula is C14H11ClN2. The van der Waals surface area contributed by atoms with Crippen molar-refractivity contribution in [2.24, 2.45) is 0 Å². The largest absolute Gasteiger partial charge is 0.305 e. The molecule has 0 unspecified atom stereocenters. The average Bonchev–Trinajstić information content (AvgIpc) is 2.72. The number of fused-ring (bicyclic) bond motifs is 1. The highest BCUT2D eigenvalue weighted by Crippen LogP contribution is 2.21. The van der Waals surface area contributed by atoms with Crippen molar-refractivity contribution in [1.82, 2.24) is 9.38 Å². The molecule has 0 aliphatic rings. The number of benzene rings is 1. The molecule has 0 N–H and O–H groups in total. The molecule has 0 bridgehead atoms. The van der Waals surface area contributed by atoms with Crippen LogP contribution >= 0.6 is 11.6 Å². The summed E-state index contributed by atoms with van der Waals surface area (Å²) >= 11 is 5.95. The number of hydrogen-bond donors (Lipinski definition) is 0. The zero-order chi connectivity index (χ0) is 11.8. The standard InChI is InChI=1S/C14H11ClN2/c1-10-3-2-4-11(7-10)13-9-17-8-12(15)5-6-14(17)16-13/h2-9H,1H3. The number of imidazole rings is 1. The first-order chi connectivity index (χ1) is 8.22. The second-order valence-corrected chi connectivity index (χ2v) is 4.54. The fourth-order valence-corrected chi connectivity index (χ4v) is 2.08. The Kier molecular flexibility index (Phi) is 2.37. The van der Waals surface area contributed by atoms with Crippen molar-refractivity contribution in [3.8, 4) is 11.3 Å². The second kappa shape index (κ2) is 3.90. The molecule has 84 valence electrons. The van der Waals surface area contributed by atoms with Crippen molar-refractivity contribution in [3.63, 3.8) is 0 Å². The van der Waals surface area contributed by atoms with Crippen LogP contribution in [0.4, 0.5) is 0 Å². The highest BCUT2D eigenvalue weighted by Gasteiger charge is 2.04. The Hall–Kier alpha value is -1.80. The van der Waals surface area contributed by atoms with Crippen LogP contribution in [0.15, 0.2) is 48.8 Å². The highest BCUT2D eigenvalue weighted by molar-refractivity contribution is 6.30. The molecule has 0 spiro atoms. The maximum absolute atomic E-state index is 5.95. The van der Waals surface area contributed by atoms with E-state index in [0.29, 0.717) is 5.02 Å². The normalized spacial score (nSPS) is 10.9. The Morgan fingerprint density at radius 1 is 1.12 bits per heavy atom. The summed E-state index contributed by atoms with van der Waals surface area (Å²) in [6.45, 7) is 2.08. The summed E-state index contributed by atoms with van der Waals surface area (Å²) in [7, 11) is 0. The summed E-state index contributed by atoms with van der Waals surface area (Å²) in [6.07, 6.45) is 3.86. The van der Waals surface area contributed by atoms with Crippen LogP contribution in [0.25, 0.3) is 16.9 Å². The van der Waals surface area contributed by atoms with Crippen LogP contribution in [0.5, 0.6) is 0 Å². The summed E-state index contributed by atoms with van der Waals surface area (Å²) in [6, 6.07) is 12.1. The number of nitrogens with zero attached hydrogens (tertiary/aromatic N) is 2. The smallest absolute Gasteiger partial charge is 0.137 e. The molecule has 2 nitrogen and oxygen atoms in total. The maximum Gasteiger partial charge on any atom is 0.137 e. The summed E-state index contributed by atoms with van der Waals surface area (Å²) in [4.78, 5) is 4.57. The van der Waals surface area contributed by atoms with Gasteiger partial charge in [-0.2, -0.15) is 0 Å². The number of rotatable bonds is 1. The van der Waals surface area contributed by atoms with E-state index in [1.807, 2.05) is 35.0 Å². The van der Waals surface area contributed by atoms with Gasteiger partial charge in [-0.25, -0.2) is 4.98 Å². The van der Waals surface area contributed by atoms with Crippen LogP contribution in [0.3, 0.4) is 0 Å². The predicted octanol–water partition coefficient (Wildman–Crippen LogP) is 3.96. The third kappa shape index (κ3) is 1.92. The second-order valence-electron chi connectivity index (χ2n) is 4.11. The molecule has 0 saturated carbocycles. The van der Waals surface area contributed by atoms with Crippen molar-refractivity contribution >= 4 is 17.2 Å². The van der Waals surface area contributed by atoms with Crippen LogP contribution in [-0.4, -0.2) is 9.38 Å². The van der Waals surface area contributed by atoms with Gasteiger partial charge in [0, 0.05) is 18.0 Å². The van der Waals surface area contributed by atoms with Crippen molar-refractivity contribution < 1.29 is 0 Å². The van der Waals surface area contributed by atoms with Gasteiger partial charge in [-0.3, -0.25) is 0 Å². The van der Waals surface area contributed by atoms with Crippen molar-refractivity contribution in [3.05, 3.63) is 59.4 Å². The van der Waals surface area contributed by atoms with Gasteiger partial charge in [0.15, 0.2) is 0 Å². The van der Waals surface area contributed by atoms with Crippen molar-refractivity contribution in [1.29, 1.82) is 0 Å². The summed E-state index contributed by atoms with van der Waals surface area (Å²) in [5.74, 6) is 0. The van der Waals surface area contributed by atoms with Crippen molar-refractivity contribution in [2.45, 2.75) is 6.92 Å². The molecule has 0 amide bonds. The van der Waals surface area contributed by atoms with E-state index in [9.17, 15) is 0 Å². The molecule has 17 heavy (non-hydrogen) atoms. The molecule has 0 atom stereocenters. The monoisotopic (exact) mass is 242 g/mol. The van der Waals surface area contributed by atoms with Gasteiger partial charge in [0.1, 0.15) is 5.65 Å². The first kappa shape index (κ1) is 10.4. The number of halogens is 1. The Balaban J connectivity index is 2.18. The van der Waals surface area contributed by atoms with Crippen LogP contribution < -0.4 is 0 Å². The van der Waals surface area contributed by atoms with Gasteiger partial charge < -0.3 is 4.40 Å². The number of pyridine rings is 1. The molecule has 2 heterocycles. The topological polar surface area (TPSA) is 17.3 Å². The zero-order valence-corrected chi connectivity index (χ0v) is 10.1. The van der Waals surface area contributed by atoms with Gasteiger partial charge in [-0.15, -0.1) is 0 Å². The molecule has 0 radical (unpaired) electrons. The lowest BCUT2D eigenvalue weighted by atomic mass is 10.1. The van der Waals surface area contributed by atoms with E-state index in [-0.39, 0.29) is 0 Å². The molecule has 2 aromatic heterocycles. The summed E-state index contributed by atoms with van der Waals surface area (Å²) in [5, 5.41) is 0.714. The van der Waals surface area contributed by atoms with E-state index in [1.165, 1.54) is 5.56 Å². The number of hydrogen-bond acceptors (Lipinski definition) is 1. The zero-order valence-electron chi connectivity index (χ0n) is 9.39.